The fraction of sp³-hybridized carbons (Fsp3) is 0.278. The second-order valence-corrected chi connectivity index (χ2v) is 13.1. The standard InChI is InChI=1S/C36H40FN3O4S/c1-5-38-36(42)34(23-28-11-7-6-8-12-28)39(24-30-13-9-10-14-33(30)37)35(41)25-40(31-19-17-29(18-20-31)26(2)3)45(43,44)32-21-15-27(4)16-22-32/h6-22,26,34H,5,23-25H2,1-4H3,(H,38,42)/t34-/m1/s1. The minimum atomic E-state index is -4.22. The predicted molar refractivity (Wildman–Crippen MR) is 176 cm³/mol. The Kier molecular flexibility index (Phi) is 11.1. The molecule has 0 spiro atoms. The number of likely N-dealkylation sites (N-methyl/N-ethyl adjacent to an activating group) is 1. The van der Waals surface area contributed by atoms with Gasteiger partial charge < -0.3 is 10.2 Å². The van der Waals surface area contributed by atoms with Crippen molar-refractivity contribution in [3.63, 3.8) is 0 Å². The number of nitrogens with one attached hydrogen (secondary N) is 1. The van der Waals surface area contributed by atoms with Crippen LogP contribution in [0.1, 0.15) is 48.9 Å². The number of amides is 2. The SMILES string of the molecule is CCNC(=O)[C@@H](Cc1ccccc1)N(Cc1ccccc1F)C(=O)CN(c1ccc(C(C)C)cc1)S(=O)(=O)c1ccc(C)cc1. The summed E-state index contributed by atoms with van der Waals surface area (Å²) < 4.78 is 44.3. The Labute approximate surface area is 265 Å². The molecule has 9 heteroatoms. The lowest BCUT2D eigenvalue weighted by molar-refractivity contribution is -0.140. The normalized spacial score (nSPS) is 12.0. The van der Waals surface area contributed by atoms with Gasteiger partial charge in [-0.1, -0.05) is 92.2 Å². The highest BCUT2D eigenvalue weighted by molar-refractivity contribution is 7.92. The van der Waals surface area contributed by atoms with Gasteiger partial charge in [0.2, 0.25) is 11.8 Å². The number of sulfonamides is 1. The van der Waals surface area contributed by atoms with E-state index < -0.39 is 40.2 Å². The lowest BCUT2D eigenvalue weighted by Crippen LogP contribution is -2.53. The molecule has 4 aromatic rings. The molecule has 0 aliphatic rings. The molecule has 45 heavy (non-hydrogen) atoms. The van der Waals surface area contributed by atoms with Gasteiger partial charge in [-0.25, -0.2) is 12.8 Å². The molecule has 0 aliphatic carbocycles. The van der Waals surface area contributed by atoms with Crippen LogP contribution in [0.4, 0.5) is 10.1 Å². The molecule has 0 saturated carbocycles. The van der Waals surface area contributed by atoms with Crippen LogP contribution in [-0.2, 0) is 32.6 Å². The number of anilines is 1. The van der Waals surface area contributed by atoms with Crippen LogP contribution < -0.4 is 9.62 Å². The Morgan fingerprint density at radius 1 is 0.844 bits per heavy atom. The summed E-state index contributed by atoms with van der Waals surface area (Å²) in [5.74, 6) is -1.37. The number of rotatable bonds is 13. The smallest absolute Gasteiger partial charge is 0.264 e. The summed E-state index contributed by atoms with van der Waals surface area (Å²) in [4.78, 5) is 29.3. The second-order valence-electron chi connectivity index (χ2n) is 11.3. The van der Waals surface area contributed by atoms with Gasteiger partial charge in [-0.2, -0.15) is 0 Å². The second kappa shape index (κ2) is 15.0. The summed E-state index contributed by atoms with van der Waals surface area (Å²) in [6, 6.07) is 27.7. The van der Waals surface area contributed by atoms with Crippen molar-refractivity contribution >= 4 is 27.5 Å². The Balaban J connectivity index is 1.81. The van der Waals surface area contributed by atoms with Crippen LogP contribution in [0.5, 0.6) is 0 Å². The van der Waals surface area contributed by atoms with Crippen LogP contribution in [0.2, 0.25) is 0 Å². The number of carbonyl (C=O) groups is 2. The minimum Gasteiger partial charge on any atom is -0.355 e. The van der Waals surface area contributed by atoms with Gasteiger partial charge in [0, 0.05) is 25.1 Å². The highest BCUT2D eigenvalue weighted by Crippen LogP contribution is 2.27. The van der Waals surface area contributed by atoms with Crippen LogP contribution in [0, 0.1) is 12.7 Å². The van der Waals surface area contributed by atoms with E-state index in [0.717, 1.165) is 21.0 Å². The maximum Gasteiger partial charge on any atom is 0.264 e. The van der Waals surface area contributed by atoms with Gasteiger partial charge in [-0.15, -0.1) is 0 Å². The van der Waals surface area contributed by atoms with Crippen molar-refractivity contribution in [2.45, 2.75) is 57.5 Å². The first-order valence-electron chi connectivity index (χ1n) is 15.0. The minimum absolute atomic E-state index is 0.0269. The monoisotopic (exact) mass is 629 g/mol. The van der Waals surface area contributed by atoms with Gasteiger partial charge in [-0.05, 0) is 61.2 Å². The van der Waals surface area contributed by atoms with Gasteiger partial charge in [-0.3, -0.25) is 13.9 Å². The molecule has 2 amide bonds. The molecule has 0 aromatic heterocycles. The average Bonchev–Trinajstić information content (AvgIpc) is 3.03. The molecule has 0 heterocycles. The molecule has 1 N–H and O–H groups in total. The first-order chi connectivity index (χ1) is 21.5. The van der Waals surface area contributed by atoms with Crippen molar-refractivity contribution in [2.24, 2.45) is 0 Å². The summed E-state index contributed by atoms with van der Waals surface area (Å²) in [6.07, 6.45) is 0.153. The van der Waals surface area contributed by atoms with Crippen molar-refractivity contribution in [3.8, 4) is 0 Å². The van der Waals surface area contributed by atoms with E-state index in [1.807, 2.05) is 63.2 Å². The third-order valence-electron chi connectivity index (χ3n) is 7.66. The van der Waals surface area contributed by atoms with Crippen molar-refractivity contribution in [1.82, 2.24) is 10.2 Å². The predicted octanol–water partition coefficient (Wildman–Crippen LogP) is 6.23. The van der Waals surface area contributed by atoms with Gasteiger partial charge >= 0.3 is 0 Å². The summed E-state index contributed by atoms with van der Waals surface area (Å²) in [6.45, 7) is 7.19. The van der Waals surface area contributed by atoms with Crippen molar-refractivity contribution < 1.29 is 22.4 Å². The molecule has 0 bridgehead atoms. The highest BCUT2D eigenvalue weighted by atomic mass is 32.2. The molecule has 4 rings (SSSR count). The lowest BCUT2D eigenvalue weighted by atomic mass is 10.0. The van der Waals surface area contributed by atoms with Gasteiger partial charge in [0.25, 0.3) is 10.0 Å². The van der Waals surface area contributed by atoms with Gasteiger partial charge in [0.1, 0.15) is 18.4 Å². The zero-order chi connectivity index (χ0) is 32.6. The number of aryl methyl sites for hydroxylation is 1. The maximum atomic E-state index is 15.0. The van der Waals surface area contributed by atoms with Crippen LogP contribution in [-0.4, -0.2) is 44.3 Å². The third kappa shape index (κ3) is 8.36. The largest absolute Gasteiger partial charge is 0.355 e. The molecular formula is C36H40FN3O4S. The summed E-state index contributed by atoms with van der Waals surface area (Å²) in [7, 11) is -4.22. The topological polar surface area (TPSA) is 86.8 Å². The molecule has 0 saturated heterocycles. The highest BCUT2D eigenvalue weighted by Gasteiger charge is 2.35. The number of hydrogen-bond acceptors (Lipinski definition) is 4. The van der Waals surface area contributed by atoms with E-state index in [0.29, 0.717) is 12.2 Å². The van der Waals surface area contributed by atoms with E-state index in [1.54, 1.807) is 49.4 Å². The molecule has 7 nitrogen and oxygen atoms in total. The van der Waals surface area contributed by atoms with E-state index >= 15 is 0 Å². The van der Waals surface area contributed by atoms with E-state index in [1.165, 1.54) is 23.1 Å². The zero-order valence-electron chi connectivity index (χ0n) is 26.1. The lowest BCUT2D eigenvalue weighted by Gasteiger charge is -2.34. The first-order valence-corrected chi connectivity index (χ1v) is 16.5. The number of nitrogens with zero attached hydrogens (tertiary/aromatic N) is 2. The summed E-state index contributed by atoms with van der Waals surface area (Å²) in [5, 5.41) is 2.81. The van der Waals surface area contributed by atoms with E-state index in [9.17, 15) is 22.4 Å². The van der Waals surface area contributed by atoms with Crippen molar-refractivity contribution in [2.75, 3.05) is 17.4 Å². The van der Waals surface area contributed by atoms with E-state index in [2.05, 4.69) is 5.32 Å². The molecule has 4 aromatic carbocycles. The first kappa shape index (κ1) is 33.4. The molecule has 0 unspecified atom stereocenters. The fourth-order valence-electron chi connectivity index (χ4n) is 5.05. The molecule has 0 aliphatic heterocycles. The average molecular weight is 630 g/mol. The third-order valence-corrected chi connectivity index (χ3v) is 9.44. The molecule has 0 fully saturated rings. The Morgan fingerprint density at radius 3 is 2.07 bits per heavy atom. The fourth-order valence-corrected chi connectivity index (χ4v) is 6.46. The summed E-state index contributed by atoms with van der Waals surface area (Å²) in [5.41, 5.74) is 3.21. The van der Waals surface area contributed by atoms with Crippen LogP contribution >= 0.6 is 0 Å². The maximum absolute atomic E-state index is 15.0. The van der Waals surface area contributed by atoms with Crippen molar-refractivity contribution in [1.29, 1.82) is 0 Å². The molecule has 0 radical (unpaired) electrons. The van der Waals surface area contributed by atoms with Crippen molar-refractivity contribution in [3.05, 3.63) is 131 Å². The number of halogens is 1. The number of benzene rings is 4. The van der Waals surface area contributed by atoms with Crippen LogP contribution in [0.15, 0.2) is 108 Å². The zero-order valence-corrected chi connectivity index (χ0v) is 26.9. The van der Waals surface area contributed by atoms with Gasteiger partial charge in [0.05, 0.1) is 10.6 Å². The van der Waals surface area contributed by atoms with Gasteiger partial charge in [0.15, 0.2) is 0 Å². The molecule has 1 atom stereocenters. The Bertz CT molecular complexity index is 1690. The number of hydrogen-bond donors (Lipinski definition) is 1. The Hall–Kier alpha value is -4.50. The van der Waals surface area contributed by atoms with Crippen LogP contribution in [0.25, 0.3) is 0 Å². The summed E-state index contributed by atoms with van der Waals surface area (Å²) >= 11 is 0. The van der Waals surface area contributed by atoms with E-state index in [4.69, 9.17) is 0 Å². The molecule has 236 valence electrons. The van der Waals surface area contributed by atoms with Crippen LogP contribution in [0.3, 0.4) is 0 Å². The van der Waals surface area contributed by atoms with E-state index in [-0.39, 0.29) is 29.3 Å². The number of carbonyl (C=O) groups excluding carboxylic acids is 2. The molecular weight excluding hydrogens is 589 g/mol. The Morgan fingerprint density at radius 2 is 1.47 bits per heavy atom. The quantitative estimate of drug-likeness (QED) is 0.190.